The Morgan fingerprint density at radius 2 is 1.81 bits per heavy atom. The number of thiazole rings is 1. The third-order valence-corrected chi connectivity index (χ3v) is 6.37. The molecule has 0 unspecified atom stereocenters. The van der Waals surface area contributed by atoms with Gasteiger partial charge in [-0.2, -0.15) is 0 Å². The average molecular weight is 371 g/mol. The topological polar surface area (TPSA) is 50.3 Å². The van der Waals surface area contributed by atoms with E-state index in [4.69, 9.17) is 0 Å². The summed E-state index contributed by atoms with van der Waals surface area (Å²) in [7, 11) is 0. The predicted octanol–water partition coefficient (Wildman–Crippen LogP) is 4.52. The van der Waals surface area contributed by atoms with Crippen LogP contribution in [0.1, 0.15) is 64.0 Å². The second kappa shape index (κ2) is 8.58. The molecule has 0 radical (unpaired) electrons. The van der Waals surface area contributed by atoms with E-state index in [1.807, 2.05) is 35.2 Å². The smallest absolute Gasteiger partial charge is 0.222 e. The highest BCUT2D eigenvalue weighted by atomic mass is 32.1. The van der Waals surface area contributed by atoms with Gasteiger partial charge in [-0.05, 0) is 33.1 Å². The molecule has 1 fully saturated rings. The number of hydrogen-bond acceptors (Lipinski definition) is 4. The van der Waals surface area contributed by atoms with Crippen LogP contribution in [0.25, 0.3) is 0 Å². The number of Topliss-reactive ketones (excluding diaryl/α,β-unsaturated/α-hetero) is 1. The van der Waals surface area contributed by atoms with Gasteiger partial charge in [0.05, 0.1) is 10.7 Å². The summed E-state index contributed by atoms with van der Waals surface area (Å²) in [5, 5.41) is 1.22. The lowest BCUT2D eigenvalue weighted by Gasteiger charge is -2.31. The average Bonchev–Trinajstić information content (AvgIpc) is 3.01. The number of aromatic nitrogens is 1. The van der Waals surface area contributed by atoms with E-state index < -0.39 is 0 Å². The van der Waals surface area contributed by atoms with Gasteiger partial charge in [0.25, 0.3) is 0 Å². The van der Waals surface area contributed by atoms with Crippen molar-refractivity contribution in [3.8, 4) is 0 Å². The van der Waals surface area contributed by atoms with Crippen molar-refractivity contribution >= 4 is 23.0 Å². The molecule has 0 N–H and O–H groups in total. The van der Waals surface area contributed by atoms with Crippen molar-refractivity contribution in [2.24, 2.45) is 0 Å². The Labute approximate surface area is 159 Å². The highest BCUT2D eigenvalue weighted by molar-refractivity contribution is 7.11. The molecular formula is C21H26N2O2S. The molecule has 2 aromatic rings. The van der Waals surface area contributed by atoms with Crippen molar-refractivity contribution in [1.82, 2.24) is 9.88 Å². The normalized spacial score (nSPS) is 15.2. The largest absolute Gasteiger partial charge is 0.343 e. The summed E-state index contributed by atoms with van der Waals surface area (Å²) < 4.78 is 0. The number of carbonyl (C=O) groups excluding carboxylic acids is 2. The lowest BCUT2D eigenvalue weighted by atomic mass is 9.97. The van der Waals surface area contributed by atoms with Gasteiger partial charge < -0.3 is 4.90 Å². The number of amides is 1. The summed E-state index contributed by atoms with van der Waals surface area (Å²) in [6.07, 6.45) is 3.49. The van der Waals surface area contributed by atoms with E-state index in [-0.39, 0.29) is 11.7 Å². The van der Waals surface area contributed by atoms with Crippen LogP contribution < -0.4 is 0 Å². The van der Waals surface area contributed by atoms with Crippen molar-refractivity contribution in [3.63, 3.8) is 0 Å². The van der Waals surface area contributed by atoms with Gasteiger partial charge in [-0.1, -0.05) is 30.3 Å². The first-order valence-corrected chi connectivity index (χ1v) is 10.2. The number of piperidine rings is 1. The number of nitrogens with zero attached hydrogens (tertiary/aromatic N) is 2. The van der Waals surface area contributed by atoms with Crippen LogP contribution in [0.5, 0.6) is 0 Å². The van der Waals surface area contributed by atoms with Crippen LogP contribution in [0, 0.1) is 13.8 Å². The van der Waals surface area contributed by atoms with Crippen LogP contribution >= 0.6 is 11.3 Å². The summed E-state index contributed by atoms with van der Waals surface area (Å²) >= 11 is 1.79. The van der Waals surface area contributed by atoms with Gasteiger partial charge in [0.1, 0.15) is 0 Å². The van der Waals surface area contributed by atoms with Crippen LogP contribution in [0.2, 0.25) is 0 Å². The molecule has 1 amide bonds. The fourth-order valence-corrected chi connectivity index (χ4v) is 4.47. The van der Waals surface area contributed by atoms with Gasteiger partial charge in [0.15, 0.2) is 5.78 Å². The zero-order valence-electron chi connectivity index (χ0n) is 15.5. The van der Waals surface area contributed by atoms with E-state index in [1.165, 1.54) is 9.88 Å². The molecule has 26 heavy (non-hydrogen) atoms. The van der Waals surface area contributed by atoms with E-state index in [1.54, 1.807) is 11.3 Å². The molecule has 1 aliphatic rings. The van der Waals surface area contributed by atoms with Gasteiger partial charge in [-0.25, -0.2) is 4.98 Å². The van der Waals surface area contributed by atoms with Crippen molar-refractivity contribution < 1.29 is 9.59 Å². The molecule has 1 aromatic carbocycles. The minimum absolute atomic E-state index is 0.117. The Balaban J connectivity index is 1.42. The fourth-order valence-electron chi connectivity index (χ4n) is 3.37. The Hall–Kier alpha value is -2.01. The van der Waals surface area contributed by atoms with Gasteiger partial charge >= 0.3 is 0 Å². The minimum atomic E-state index is 0.117. The maximum Gasteiger partial charge on any atom is 0.222 e. The number of ketones is 1. The molecule has 1 aromatic heterocycles. The van der Waals surface area contributed by atoms with Crippen LogP contribution in [0.4, 0.5) is 0 Å². The van der Waals surface area contributed by atoms with Crippen LogP contribution in [-0.2, 0) is 4.79 Å². The summed E-state index contributed by atoms with van der Waals surface area (Å²) in [5.41, 5.74) is 1.86. The van der Waals surface area contributed by atoms with E-state index in [9.17, 15) is 9.59 Å². The third kappa shape index (κ3) is 4.58. The van der Waals surface area contributed by atoms with Crippen LogP contribution in [0.15, 0.2) is 30.3 Å². The SMILES string of the molecule is Cc1nc(C2CCN(C(=O)CCCC(=O)c3ccccc3)CC2)sc1C. The zero-order chi connectivity index (χ0) is 18.5. The molecule has 1 saturated heterocycles. The molecule has 3 rings (SSSR count). The van der Waals surface area contributed by atoms with E-state index >= 15 is 0 Å². The van der Waals surface area contributed by atoms with Crippen LogP contribution in [0.3, 0.4) is 0 Å². The molecule has 0 aliphatic carbocycles. The molecule has 0 bridgehead atoms. The zero-order valence-corrected chi connectivity index (χ0v) is 16.3. The molecular weight excluding hydrogens is 344 g/mol. The molecule has 5 heteroatoms. The van der Waals surface area contributed by atoms with Crippen molar-refractivity contribution in [2.45, 2.75) is 51.9 Å². The lowest BCUT2D eigenvalue weighted by Crippen LogP contribution is -2.37. The van der Waals surface area contributed by atoms with Crippen molar-refractivity contribution in [2.75, 3.05) is 13.1 Å². The second-order valence-corrected chi connectivity index (χ2v) is 8.23. The first kappa shape index (κ1) is 18.8. The number of carbonyl (C=O) groups is 2. The molecule has 0 atom stereocenters. The summed E-state index contributed by atoms with van der Waals surface area (Å²) in [4.78, 5) is 32.4. The maximum absolute atomic E-state index is 12.4. The van der Waals surface area contributed by atoms with E-state index in [0.29, 0.717) is 25.2 Å². The number of likely N-dealkylation sites (tertiary alicyclic amines) is 1. The molecule has 0 saturated carbocycles. The highest BCUT2D eigenvalue weighted by Crippen LogP contribution is 2.32. The maximum atomic E-state index is 12.4. The predicted molar refractivity (Wildman–Crippen MR) is 105 cm³/mol. The summed E-state index contributed by atoms with van der Waals surface area (Å²) in [6, 6.07) is 9.30. The van der Waals surface area contributed by atoms with E-state index in [2.05, 4.69) is 18.8 Å². The monoisotopic (exact) mass is 370 g/mol. The number of aryl methyl sites for hydroxylation is 2. The second-order valence-electron chi connectivity index (χ2n) is 6.99. The van der Waals surface area contributed by atoms with Gasteiger partial charge in [-0.15, -0.1) is 11.3 Å². The standard InChI is InChI=1S/C21H26N2O2S/c1-15-16(2)26-21(22-15)18-11-13-23(14-12-18)20(25)10-6-9-19(24)17-7-4-3-5-8-17/h3-5,7-8,18H,6,9-14H2,1-2H3. The lowest BCUT2D eigenvalue weighted by molar-refractivity contribution is -0.132. The van der Waals surface area contributed by atoms with E-state index in [0.717, 1.165) is 37.2 Å². The Morgan fingerprint density at radius 1 is 1.12 bits per heavy atom. The summed E-state index contributed by atoms with van der Waals surface area (Å²) in [5.74, 6) is 0.776. The Morgan fingerprint density at radius 3 is 2.42 bits per heavy atom. The molecule has 2 heterocycles. The Bertz CT molecular complexity index is 742. The fraction of sp³-hybridized carbons (Fsp3) is 0.476. The molecule has 0 spiro atoms. The van der Waals surface area contributed by atoms with Crippen molar-refractivity contribution in [1.29, 1.82) is 0 Å². The molecule has 138 valence electrons. The first-order valence-electron chi connectivity index (χ1n) is 9.34. The number of benzene rings is 1. The van der Waals surface area contributed by atoms with Crippen molar-refractivity contribution in [3.05, 3.63) is 51.5 Å². The Kier molecular flexibility index (Phi) is 6.20. The third-order valence-electron chi connectivity index (χ3n) is 5.13. The van der Waals surface area contributed by atoms with Gasteiger partial charge in [-0.3, -0.25) is 9.59 Å². The number of rotatable bonds is 6. The van der Waals surface area contributed by atoms with Gasteiger partial charge in [0, 0.05) is 42.3 Å². The van der Waals surface area contributed by atoms with Gasteiger partial charge in [0.2, 0.25) is 5.91 Å². The molecule has 1 aliphatic heterocycles. The quantitative estimate of drug-likeness (QED) is 0.703. The summed E-state index contributed by atoms with van der Waals surface area (Å²) in [6.45, 7) is 5.78. The van der Waals surface area contributed by atoms with Crippen LogP contribution in [-0.4, -0.2) is 34.7 Å². The molecule has 4 nitrogen and oxygen atoms in total. The highest BCUT2D eigenvalue weighted by Gasteiger charge is 2.25. The number of hydrogen-bond donors (Lipinski definition) is 0. The first-order chi connectivity index (χ1) is 12.5. The minimum Gasteiger partial charge on any atom is -0.343 e.